The molecule has 168 valence electrons. The molecule has 2 heterocycles. The molecule has 2 aromatic rings. The number of ether oxygens (including phenoxy) is 1. The molecule has 0 aliphatic carbocycles. The van der Waals surface area contributed by atoms with E-state index in [0.717, 1.165) is 48.1 Å². The van der Waals surface area contributed by atoms with Crippen molar-refractivity contribution >= 4 is 23.2 Å². The average molecular weight is 445 g/mol. The highest BCUT2D eigenvalue weighted by molar-refractivity contribution is 7.13. The highest BCUT2D eigenvalue weighted by Gasteiger charge is 2.22. The molecule has 2 amide bonds. The molecule has 1 saturated heterocycles. The van der Waals surface area contributed by atoms with Crippen LogP contribution in [0.3, 0.4) is 0 Å². The molecule has 1 aromatic carbocycles. The molecule has 0 bridgehead atoms. The Morgan fingerprint density at radius 2 is 1.87 bits per heavy atom. The topological polar surface area (TPSA) is 74.8 Å². The van der Waals surface area contributed by atoms with E-state index >= 15 is 0 Å². The molecule has 1 N–H and O–H groups in total. The number of nitrogens with zero attached hydrogens (tertiary/aromatic N) is 3. The van der Waals surface area contributed by atoms with Crippen LogP contribution in [-0.2, 0) is 16.1 Å². The molecule has 3 rings (SSSR count). The second-order valence-corrected chi connectivity index (χ2v) is 9.10. The Labute approximate surface area is 188 Å². The van der Waals surface area contributed by atoms with E-state index < -0.39 is 0 Å². The lowest BCUT2D eigenvalue weighted by Gasteiger charge is -2.34. The van der Waals surface area contributed by atoms with Crippen molar-refractivity contribution in [3.05, 3.63) is 35.3 Å². The van der Waals surface area contributed by atoms with Crippen LogP contribution in [0, 0.1) is 5.92 Å². The Bertz CT molecular complexity index is 858. The first-order chi connectivity index (χ1) is 14.9. The van der Waals surface area contributed by atoms with Crippen LogP contribution in [0.5, 0.6) is 5.75 Å². The summed E-state index contributed by atoms with van der Waals surface area (Å²) in [7, 11) is 1.66. The maximum absolute atomic E-state index is 12.4. The van der Waals surface area contributed by atoms with Gasteiger partial charge in [0.1, 0.15) is 10.8 Å². The van der Waals surface area contributed by atoms with E-state index in [-0.39, 0.29) is 18.4 Å². The number of amides is 2. The number of carbonyl (C=O) groups excluding carboxylic acids is 2. The molecule has 8 heteroatoms. The zero-order valence-electron chi connectivity index (χ0n) is 18.6. The minimum atomic E-state index is -0.0446. The normalized spacial score (nSPS) is 14.6. The second kappa shape index (κ2) is 11.2. The van der Waals surface area contributed by atoms with Crippen LogP contribution >= 0.6 is 11.3 Å². The third-order valence-electron chi connectivity index (χ3n) is 5.38. The number of methoxy groups -OCH3 is 1. The summed E-state index contributed by atoms with van der Waals surface area (Å²) in [5.74, 6) is 1.27. The number of rotatable bonds is 9. The largest absolute Gasteiger partial charge is 0.497 e. The van der Waals surface area contributed by atoms with Gasteiger partial charge in [0.15, 0.2) is 0 Å². The monoisotopic (exact) mass is 444 g/mol. The first-order valence-electron chi connectivity index (χ1n) is 10.8. The minimum absolute atomic E-state index is 0.00648. The molecule has 1 aromatic heterocycles. The van der Waals surface area contributed by atoms with Gasteiger partial charge in [0.2, 0.25) is 11.8 Å². The molecule has 0 spiro atoms. The van der Waals surface area contributed by atoms with Gasteiger partial charge in [-0.3, -0.25) is 14.5 Å². The number of piperazine rings is 1. The fourth-order valence-corrected chi connectivity index (χ4v) is 4.24. The fraction of sp³-hybridized carbons (Fsp3) is 0.522. The molecule has 1 aliphatic heterocycles. The molecule has 31 heavy (non-hydrogen) atoms. The first kappa shape index (κ1) is 23.2. The van der Waals surface area contributed by atoms with E-state index in [9.17, 15) is 9.59 Å². The van der Waals surface area contributed by atoms with Gasteiger partial charge in [-0.2, -0.15) is 0 Å². The van der Waals surface area contributed by atoms with E-state index in [1.54, 1.807) is 18.4 Å². The van der Waals surface area contributed by atoms with Crippen molar-refractivity contribution in [2.45, 2.75) is 33.2 Å². The molecular formula is C23H32N4O3S. The predicted octanol–water partition coefficient (Wildman–Crippen LogP) is 3.02. The summed E-state index contributed by atoms with van der Waals surface area (Å²) in [4.78, 5) is 33.1. The quantitative estimate of drug-likeness (QED) is 0.644. The highest BCUT2D eigenvalue weighted by Crippen LogP contribution is 2.26. The van der Waals surface area contributed by atoms with E-state index in [1.807, 2.05) is 29.2 Å². The van der Waals surface area contributed by atoms with Crippen LogP contribution in [0.25, 0.3) is 10.6 Å². The number of hydrogen-bond donors (Lipinski definition) is 1. The summed E-state index contributed by atoms with van der Waals surface area (Å²) >= 11 is 1.64. The van der Waals surface area contributed by atoms with Crippen molar-refractivity contribution < 1.29 is 14.3 Å². The predicted molar refractivity (Wildman–Crippen MR) is 123 cm³/mol. The first-order valence-corrected chi connectivity index (χ1v) is 11.7. The standard InChI is InChI=1S/C23H32N4O3S/c1-17(2)4-9-21(28)24-14-22(29)27-12-10-26(11-13-27)15-19-16-31-23(25-19)18-5-7-20(30-3)8-6-18/h5-8,16-17H,4,9-15H2,1-3H3,(H,24,28). The van der Waals surface area contributed by atoms with Gasteiger partial charge in [-0.15, -0.1) is 11.3 Å². The van der Waals surface area contributed by atoms with Crippen molar-refractivity contribution in [1.82, 2.24) is 20.1 Å². The minimum Gasteiger partial charge on any atom is -0.497 e. The summed E-state index contributed by atoms with van der Waals surface area (Å²) in [6.07, 6.45) is 1.32. The van der Waals surface area contributed by atoms with E-state index in [2.05, 4.69) is 29.4 Å². The van der Waals surface area contributed by atoms with Gasteiger partial charge >= 0.3 is 0 Å². The lowest BCUT2D eigenvalue weighted by atomic mass is 10.1. The van der Waals surface area contributed by atoms with Crippen LogP contribution in [0.15, 0.2) is 29.6 Å². The highest BCUT2D eigenvalue weighted by atomic mass is 32.1. The van der Waals surface area contributed by atoms with Crippen LogP contribution in [0.1, 0.15) is 32.4 Å². The van der Waals surface area contributed by atoms with Crippen molar-refractivity contribution in [1.29, 1.82) is 0 Å². The van der Waals surface area contributed by atoms with Crippen molar-refractivity contribution in [3.8, 4) is 16.3 Å². The summed E-state index contributed by atoms with van der Waals surface area (Å²) in [6, 6.07) is 7.93. The Morgan fingerprint density at radius 3 is 2.52 bits per heavy atom. The van der Waals surface area contributed by atoms with Crippen LogP contribution in [0.4, 0.5) is 0 Å². The lowest BCUT2D eigenvalue weighted by molar-refractivity contribution is -0.134. The summed E-state index contributed by atoms with van der Waals surface area (Å²) < 4.78 is 5.21. The van der Waals surface area contributed by atoms with Crippen LogP contribution in [0.2, 0.25) is 0 Å². The van der Waals surface area contributed by atoms with Gasteiger partial charge in [-0.05, 0) is 36.6 Å². The molecule has 0 saturated carbocycles. The smallest absolute Gasteiger partial charge is 0.242 e. The van der Waals surface area contributed by atoms with Gasteiger partial charge < -0.3 is 15.0 Å². The maximum atomic E-state index is 12.4. The molecular weight excluding hydrogens is 412 g/mol. The number of nitrogens with one attached hydrogen (secondary N) is 1. The van der Waals surface area contributed by atoms with Crippen LogP contribution in [-0.4, -0.2) is 66.4 Å². The molecule has 0 atom stereocenters. The van der Waals surface area contributed by atoms with Gasteiger partial charge in [0.25, 0.3) is 0 Å². The Kier molecular flexibility index (Phi) is 8.43. The van der Waals surface area contributed by atoms with E-state index in [1.165, 1.54) is 0 Å². The summed E-state index contributed by atoms with van der Waals surface area (Å²) in [6.45, 7) is 8.01. The third kappa shape index (κ3) is 7.04. The number of benzene rings is 1. The van der Waals surface area contributed by atoms with Crippen molar-refractivity contribution in [2.24, 2.45) is 5.92 Å². The third-order valence-corrected chi connectivity index (χ3v) is 6.33. The fourth-order valence-electron chi connectivity index (χ4n) is 3.42. The molecule has 1 aliphatic rings. The Balaban J connectivity index is 1.41. The van der Waals surface area contributed by atoms with Gasteiger partial charge in [-0.25, -0.2) is 4.98 Å². The molecule has 7 nitrogen and oxygen atoms in total. The number of carbonyl (C=O) groups is 2. The maximum Gasteiger partial charge on any atom is 0.242 e. The van der Waals surface area contributed by atoms with Gasteiger partial charge in [-0.1, -0.05) is 13.8 Å². The lowest BCUT2D eigenvalue weighted by Crippen LogP contribution is -2.50. The van der Waals surface area contributed by atoms with Gasteiger partial charge in [0.05, 0.1) is 19.3 Å². The SMILES string of the molecule is COc1ccc(-c2nc(CN3CCN(C(=O)CNC(=O)CCC(C)C)CC3)cs2)cc1. The second-order valence-electron chi connectivity index (χ2n) is 8.24. The summed E-state index contributed by atoms with van der Waals surface area (Å²) in [5.41, 5.74) is 2.14. The molecule has 0 unspecified atom stereocenters. The van der Waals surface area contributed by atoms with Crippen molar-refractivity contribution in [3.63, 3.8) is 0 Å². The number of thiazole rings is 1. The van der Waals surface area contributed by atoms with E-state index in [0.29, 0.717) is 25.4 Å². The van der Waals surface area contributed by atoms with Gasteiger partial charge in [0, 0.05) is 50.1 Å². The van der Waals surface area contributed by atoms with E-state index in [4.69, 9.17) is 9.72 Å². The average Bonchev–Trinajstić information content (AvgIpc) is 3.25. The van der Waals surface area contributed by atoms with Crippen molar-refractivity contribution in [2.75, 3.05) is 39.8 Å². The number of aromatic nitrogens is 1. The zero-order valence-corrected chi connectivity index (χ0v) is 19.4. The molecule has 0 radical (unpaired) electrons. The zero-order chi connectivity index (χ0) is 22.2. The number of hydrogen-bond acceptors (Lipinski definition) is 6. The summed E-state index contributed by atoms with van der Waals surface area (Å²) in [5, 5.41) is 5.85. The van der Waals surface area contributed by atoms with Crippen LogP contribution < -0.4 is 10.1 Å². The molecule has 1 fully saturated rings. The Morgan fingerprint density at radius 1 is 1.16 bits per heavy atom. The Hall–Kier alpha value is -2.45.